The number of amides is 1. The summed E-state index contributed by atoms with van der Waals surface area (Å²) in [7, 11) is -3.77. The quantitative estimate of drug-likeness (QED) is 0.333. The van der Waals surface area contributed by atoms with Gasteiger partial charge in [0.2, 0.25) is 0 Å². The molecule has 0 aliphatic carbocycles. The monoisotopic (exact) mass is 530 g/mol. The zero-order valence-corrected chi connectivity index (χ0v) is 21.2. The summed E-state index contributed by atoms with van der Waals surface area (Å²) in [6, 6.07) is 20.3. The molecule has 2 heterocycles. The number of hydrogen-bond donors (Lipinski definition) is 3. The summed E-state index contributed by atoms with van der Waals surface area (Å²) in [5, 5.41) is 9.75. The average molecular weight is 531 g/mol. The number of carbonyl (C=O) groups excluding carboxylic acids is 1. The molecule has 1 aliphatic rings. The third kappa shape index (κ3) is 5.35. The van der Waals surface area contributed by atoms with E-state index in [0.717, 1.165) is 16.6 Å². The van der Waals surface area contributed by atoms with E-state index in [0.29, 0.717) is 48.9 Å². The Bertz CT molecular complexity index is 1600. The maximum Gasteiger partial charge on any atom is 0.261 e. The van der Waals surface area contributed by atoms with E-state index in [-0.39, 0.29) is 17.4 Å². The number of nitrogens with one attached hydrogen (secondary N) is 2. The van der Waals surface area contributed by atoms with Crippen molar-refractivity contribution in [2.45, 2.75) is 4.90 Å². The molecular weight excluding hydrogens is 504 g/mol. The summed E-state index contributed by atoms with van der Waals surface area (Å²) in [6.45, 7) is 2.35. The van der Waals surface area contributed by atoms with Gasteiger partial charge in [-0.25, -0.2) is 8.42 Å². The van der Waals surface area contributed by atoms with Crippen LogP contribution in [0, 0.1) is 11.3 Å². The van der Waals surface area contributed by atoms with Crippen LogP contribution in [0.15, 0.2) is 77.8 Å². The first kappa shape index (κ1) is 25.0. The van der Waals surface area contributed by atoms with Gasteiger partial charge in [0.15, 0.2) is 6.61 Å². The first-order valence-electron chi connectivity index (χ1n) is 12.0. The van der Waals surface area contributed by atoms with Gasteiger partial charge in [0, 0.05) is 54.7 Å². The van der Waals surface area contributed by atoms with E-state index >= 15 is 0 Å². The van der Waals surface area contributed by atoms with Crippen LogP contribution in [-0.4, -0.2) is 57.0 Å². The number of anilines is 3. The molecule has 5 rings (SSSR count). The fraction of sp³-hybridized carbons (Fsp3) is 0.185. The molecule has 1 saturated heterocycles. The summed E-state index contributed by atoms with van der Waals surface area (Å²) in [4.78, 5) is 19.8. The normalized spacial score (nSPS) is 13.8. The van der Waals surface area contributed by atoms with Crippen molar-refractivity contribution in [3.8, 4) is 11.8 Å². The second-order valence-corrected chi connectivity index (χ2v) is 10.6. The molecule has 10 nitrogen and oxygen atoms in total. The van der Waals surface area contributed by atoms with Crippen LogP contribution in [0.5, 0.6) is 5.75 Å². The maximum absolute atomic E-state index is 12.7. The fourth-order valence-corrected chi connectivity index (χ4v) is 5.38. The topological polar surface area (TPSA) is 145 Å². The first-order valence-corrected chi connectivity index (χ1v) is 13.5. The number of H-pyrrole nitrogens is 1. The van der Waals surface area contributed by atoms with Crippen LogP contribution in [0.1, 0.15) is 5.56 Å². The van der Waals surface area contributed by atoms with Crippen molar-refractivity contribution in [1.29, 1.82) is 5.26 Å². The third-order valence-electron chi connectivity index (χ3n) is 6.46. The molecule has 1 aromatic heterocycles. The highest BCUT2D eigenvalue weighted by molar-refractivity contribution is 7.92. The molecule has 0 radical (unpaired) electrons. The summed E-state index contributed by atoms with van der Waals surface area (Å²) in [6.07, 6.45) is 1.72. The molecule has 4 N–H and O–H groups in total. The van der Waals surface area contributed by atoms with Gasteiger partial charge in [0.1, 0.15) is 5.75 Å². The molecule has 1 fully saturated rings. The number of fused-ring (bicyclic) bond motifs is 1. The number of benzene rings is 3. The number of carbonyl (C=O) groups is 1. The molecule has 194 valence electrons. The van der Waals surface area contributed by atoms with Gasteiger partial charge in [-0.1, -0.05) is 0 Å². The molecule has 1 amide bonds. The lowest BCUT2D eigenvalue weighted by atomic mass is 10.2. The summed E-state index contributed by atoms with van der Waals surface area (Å²) in [5.41, 5.74) is 9.24. The Kier molecular flexibility index (Phi) is 6.81. The van der Waals surface area contributed by atoms with E-state index in [1.54, 1.807) is 29.3 Å². The minimum atomic E-state index is -3.77. The van der Waals surface area contributed by atoms with E-state index in [1.165, 1.54) is 24.3 Å². The Balaban J connectivity index is 1.13. The van der Waals surface area contributed by atoms with E-state index in [2.05, 4.69) is 14.6 Å². The molecule has 38 heavy (non-hydrogen) atoms. The Morgan fingerprint density at radius 3 is 2.42 bits per heavy atom. The number of piperazine rings is 1. The highest BCUT2D eigenvalue weighted by Gasteiger charge is 2.22. The van der Waals surface area contributed by atoms with E-state index in [1.807, 2.05) is 30.3 Å². The molecule has 0 unspecified atom stereocenters. The number of sulfonamides is 1. The zero-order chi connectivity index (χ0) is 26.7. The number of ether oxygens (including phenoxy) is 1. The molecule has 0 atom stereocenters. The van der Waals surface area contributed by atoms with Gasteiger partial charge in [0.25, 0.3) is 15.9 Å². The number of rotatable bonds is 7. The summed E-state index contributed by atoms with van der Waals surface area (Å²) < 4.78 is 33.5. The molecule has 4 aromatic rings. The van der Waals surface area contributed by atoms with Crippen molar-refractivity contribution in [2.75, 3.05) is 48.1 Å². The van der Waals surface area contributed by atoms with Crippen LogP contribution in [0.25, 0.3) is 10.9 Å². The number of nitrogen functional groups attached to an aromatic ring is 1. The largest absolute Gasteiger partial charge is 0.484 e. The molecule has 11 heteroatoms. The van der Waals surface area contributed by atoms with E-state index < -0.39 is 10.0 Å². The van der Waals surface area contributed by atoms with Crippen molar-refractivity contribution >= 4 is 43.9 Å². The second kappa shape index (κ2) is 10.4. The van der Waals surface area contributed by atoms with Gasteiger partial charge >= 0.3 is 0 Å². The van der Waals surface area contributed by atoms with Gasteiger partial charge in [0.05, 0.1) is 22.2 Å². The van der Waals surface area contributed by atoms with Crippen LogP contribution >= 0.6 is 0 Å². The molecule has 3 aromatic carbocycles. The fourth-order valence-electron chi connectivity index (χ4n) is 4.32. The van der Waals surface area contributed by atoms with Crippen molar-refractivity contribution in [3.05, 3.63) is 78.5 Å². The lowest BCUT2D eigenvalue weighted by Crippen LogP contribution is -2.50. The minimum absolute atomic E-state index is 0.0517. The van der Waals surface area contributed by atoms with Gasteiger partial charge < -0.3 is 25.3 Å². The average Bonchev–Trinajstić information content (AvgIpc) is 3.32. The molecular formula is C27H26N6O4S. The van der Waals surface area contributed by atoms with E-state index in [9.17, 15) is 13.2 Å². The van der Waals surface area contributed by atoms with Gasteiger partial charge in [-0.15, -0.1) is 0 Å². The standard InChI is InChI=1S/C27H26N6O4S/c28-16-19-1-8-23(9-2-19)38(35,36)31-20-3-5-21(6-4-20)32-11-13-33(14-12-32)27(34)18-37-22-7-10-26-24(15-22)25(29)17-30-26/h1-10,15,17,30-31H,11-14,18,29H2. The number of nitriles is 1. The van der Waals surface area contributed by atoms with Gasteiger partial charge in [-0.3, -0.25) is 9.52 Å². The predicted molar refractivity (Wildman–Crippen MR) is 145 cm³/mol. The van der Waals surface area contributed by atoms with Crippen LogP contribution in [0.2, 0.25) is 0 Å². The zero-order valence-electron chi connectivity index (χ0n) is 20.4. The highest BCUT2D eigenvalue weighted by atomic mass is 32.2. The van der Waals surface area contributed by atoms with Gasteiger partial charge in [-0.2, -0.15) is 5.26 Å². The Hall–Kier alpha value is -4.69. The Morgan fingerprint density at radius 1 is 1.03 bits per heavy atom. The van der Waals surface area contributed by atoms with Crippen molar-refractivity contribution < 1.29 is 17.9 Å². The smallest absolute Gasteiger partial charge is 0.261 e. The van der Waals surface area contributed by atoms with Crippen molar-refractivity contribution in [2.24, 2.45) is 0 Å². The van der Waals surface area contributed by atoms with Crippen LogP contribution in [0.4, 0.5) is 17.1 Å². The van der Waals surface area contributed by atoms with Gasteiger partial charge in [-0.05, 0) is 66.7 Å². The minimum Gasteiger partial charge on any atom is -0.484 e. The number of aromatic amines is 1. The van der Waals surface area contributed by atoms with Crippen molar-refractivity contribution in [3.63, 3.8) is 0 Å². The van der Waals surface area contributed by atoms with Crippen LogP contribution in [-0.2, 0) is 14.8 Å². The second-order valence-electron chi connectivity index (χ2n) is 8.90. The number of nitrogens with zero attached hydrogens (tertiary/aromatic N) is 3. The van der Waals surface area contributed by atoms with Crippen LogP contribution in [0.3, 0.4) is 0 Å². The Morgan fingerprint density at radius 2 is 1.74 bits per heavy atom. The van der Waals surface area contributed by atoms with Crippen molar-refractivity contribution in [1.82, 2.24) is 9.88 Å². The van der Waals surface area contributed by atoms with Crippen LogP contribution < -0.4 is 20.1 Å². The highest BCUT2D eigenvalue weighted by Crippen LogP contribution is 2.25. The summed E-state index contributed by atoms with van der Waals surface area (Å²) >= 11 is 0. The first-order chi connectivity index (χ1) is 18.3. The lowest BCUT2D eigenvalue weighted by molar-refractivity contribution is -0.133. The lowest BCUT2D eigenvalue weighted by Gasteiger charge is -2.36. The number of nitrogens with two attached hydrogens (primary N) is 1. The maximum atomic E-state index is 12.7. The molecule has 1 aliphatic heterocycles. The van der Waals surface area contributed by atoms with E-state index in [4.69, 9.17) is 15.7 Å². The predicted octanol–water partition coefficient (Wildman–Crippen LogP) is 3.15. The summed E-state index contributed by atoms with van der Waals surface area (Å²) in [5.74, 6) is 0.505. The SMILES string of the molecule is N#Cc1ccc(S(=O)(=O)Nc2ccc(N3CCN(C(=O)COc4ccc5[nH]cc(N)c5c4)CC3)cc2)cc1. The molecule has 0 saturated carbocycles. The Labute approximate surface area is 220 Å². The third-order valence-corrected chi connectivity index (χ3v) is 7.86. The number of aromatic nitrogens is 1. The molecule has 0 spiro atoms. The molecule has 0 bridgehead atoms. The number of hydrogen-bond acceptors (Lipinski definition) is 7.